The van der Waals surface area contributed by atoms with Gasteiger partial charge in [0.15, 0.2) is 0 Å². The Kier molecular flexibility index (Phi) is 11.5. The summed E-state index contributed by atoms with van der Waals surface area (Å²) in [7, 11) is -1.74. The molecule has 0 aliphatic carbocycles. The maximum absolute atomic E-state index is 11.5. The van der Waals surface area contributed by atoms with Crippen LogP contribution in [0.3, 0.4) is 0 Å². The van der Waals surface area contributed by atoms with Crippen LogP contribution in [0.1, 0.15) is 77.6 Å². The minimum absolute atomic E-state index is 0.948. The van der Waals surface area contributed by atoms with E-state index in [1.807, 2.05) is 13.3 Å². The highest BCUT2D eigenvalue weighted by atomic mass is 31.2. The van der Waals surface area contributed by atoms with Crippen LogP contribution in [-0.4, -0.2) is 19.5 Å². The third kappa shape index (κ3) is 16.2. The number of unbranched alkanes of at least 4 members (excludes halogenated alkanes) is 10. The van der Waals surface area contributed by atoms with E-state index in [1.165, 1.54) is 70.6 Å². The molecule has 0 aromatic carbocycles. The summed E-state index contributed by atoms with van der Waals surface area (Å²) in [6.45, 7) is 6.08. The molecule has 0 aliphatic rings. The number of rotatable bonds is 12. The Balaban J connectivity index is 3.01. The van der Waals surface area contributed by atoms with E-state index in [9.17, 15) is 4.57 Å². The average Bonchev–Trinajstić information content (AvgIpc) is 2.24. The van der Waals surface area contributed by atoms with E-state index < -0.39 is 7.14 Å². The van der Waals surface area contributed by atoms with Crippen molar-refractivity contribution in [1.82, 2.24) is 0 Å². The van der Waals surface area contributed by atoms with Gasteiger partial charge in [0.1, 0.15) is 0 Å². The van der Waals surface area contributed by atoms with Crippen LogP contribution >= 0.6 is 7.14 Å². The number of hydrogen-bond donors (Lipinski definition) is 0. The maximum atomic E-state index is 11.5. The quantitative estimate of drug-likeness (QED) is 0.314. The Labute approximate surface area is 109 Å². The van der Waals surface area contributed by atoms with Gasteiger partial charge in [0.2, 0.25) is 0 Å². The van der Waals surface area contributed by atoms with Gasteiger partial charge in [-0.3, -0.25) is 0 Å². The van der Waals surface area contributed by atoms with Crippen molar-refractivity contribution in [3.8, 4) is 0 Å². The molecule has 0 bridgehead atoms. The second-order valence-corrected chi connectivity index (χ2v) is 9.43. The fourth-order valence-electron chi connectivity index (χ4n) is 2.16. The second kappa shape index (κ2) is 11.3. The van der Waals surface area contributed by atoms with Crippen LogP contribution in [0.4, 0.5) is 0 Å². The second-order valence-electron chi connectivity index (χ2n) is 5.83. The SMILES string of the molecule is CCCCCCCCCCCCCP(C)(C)=O. The molecule has 0 amide bonds. The minimum atomic E-state index is -1.74. The zero-order chi connectivity index (χ0) is 13.0. The fourth-order valence-corrected chi connectivity index (χ4v) is 3.14. The molecular formula is C15H33OP. The van der Waals surface area contributed by atoms with Crippen molar-refractivity contribution in [2.45, 2.75) is 77.6 Å². The molecule has 0 saturated carbocycles. The van der Waals surface area contributed by atoms with Crippen molar-refractivity contribution in [3.05, 3.63) is 0 Å². The molecular weight excluding hydrogens is 227 g/mol. The Bertz CT molecular complexity index is 195. The number of hydrogen-bond acceptors (Lipinski definition) is 1. The summed E-state index contributed by atoms with van der Waals surface area (Å²) in [5.41, 5.74) is 0. The summed E-state index contributed by atoms with van der Waals surface area (Å²) < 4.78 is 11.5. The van der Waals surface area contributed by atoms with E-state index in [2.05, 4.69) is 6.92 Å². The first-order chi connectivity index (χ1) is 8.06. The summed E-state index contributed by atoms with van der Waals surface area (Å²) in [6.07, 6.45) is 16.0. The van der Waals surface area contributed by atoms with Gasteiger partial charge in [-0.2, -0.15) is 0 Å². The Hall–Kier alpha value is 0.230. The van der Waals surface area contributed by atoms with Crippen molar-refractivity contribution in [1.29, 1.82) is 0 Å². The first-order valence-electron chi connectivity index (χ1n) is 7.60. The van der Waals surface area contributed by atoms with Crippen molar-refractivity contribution < 1.29 is 4.57 Å². The lowest BCUT2D eigenvalue weighted by Gasteiger charge is -2.05. The molecule has 0 spiro atoms. The van der Waals surface area contributed by atoms with Crippen LogP contribution in [0.25, 0.3) is 0 Å². The monoisotopic (exact) mass is 260 g/mol. The molecule has 0 unspecified atom stereocenters. The van der Waals surface area contributed by atoms with Crippen LogP contribution in [0.5, 0.6) is 0 Å². The lowest BCUT2D eigenvalue weighted by molar-refractivity contribution is 0.551. The molecule has 2 heteroatoms. The van der Waals surface area contributed by atoms with Crippen LogP contribution in [-0.2, 0) is 4.57 Å². The summed E-state index contributed by atoms with van der Waals surface area (Å²) in [4.78, 5) is 0. The van der Waals surface area contributed by atoms with E-state index in [0.29, 0.717) is 0 Å². The molecule has 0 radical (unpaired) electrons. The molecule has 0 N–H and O–H groups in total. The van der Waals surface area contributed by atoms with Gasteiger partial charge in [-0.25, -0.2) is 0 Å². The molecule has 0 rings (SSSR count). The average molecular weight is 260 g/mol. The normalized spacial score (nSPS) is 11.9. The van der Waals surface area contributed by atoms with E-state index in [4.69, 9.17) is 0 Å². The molecule has 0 fully saturated rings. The predicted molar refractivity (Wildman–Crippen MR) is 80.8 cm³/mol. The molecule has 0 aromatic rings. The highest BCUT2D eigenvalue weighted by molar-refractivity contribution is 7.62. The molecule has 17 heavy (non-hydrogen) atoms. The first kappa shape index (κ1) is 17.2. The molecule has 1 nitrogen and oxygen atoms in total. The Morgan fingerprint density at radius 1 is 0.647 bits per heavy atom. The topological polar surface area (TPSA) is 17.1 Å². The van der Waals surface area contributed by atoms with Gasteiger partial charge in [0, 0.05) is 6.16 Å². The molecule has 104 valence electrons. The molecule has 0 saturated heterocycles. The van der Waals surface area contributed by atoms with Gasteiger partial charge < -0.3 is 4.57 Å². The lowest BCUT2D eigenvalue weighted by Crippen LogP contribution is -1.87. The van der Waals surface area contributed by atoms with E-state index in [1.54, 1.807) is 0 Å². The minimum Gasteiger partial charge on any atom is -0.324 e. The van der Waals surface area contributed by atoms with E-state index in [-0.39, 0.29) is 0 Å². The van der Waals surface area contributed by atoms with Crippen LogP contribution in [0.2, 0.25) is 0 Å². The van der Waals surface area contributed by atoms with Crippen molar-refractivity contribution >= 4 is 7.14 Å². The van der Waals surface area contributed by atoms with Gasteiger partial charge in [-0.1, -0.05) is 71.1 Å². The van der Waals surface area contributed by atoms with Gasteiger partial charge >= 0.3 is 0 Å². The molecule has 0 aliphatic heterocycles. The Morgan fingerprint density at radius 2 is 1.00 bits per heavy atom. The van der Waals surface area contributed by atoms with E-state index >= 15 is 0 Å². The smallest absolute Gasteiger partial charge is 0.0819 e. The van der Waals surface area contributed by atoms with Crippen LogP contribution in [0, 0.1) is 0 Å². The third-order valence-electron chi connectivity index (χ3n) is 3.30. The van der Waals surface area contributed by atoms with Crippen molar-refractivity contribution in [3.63, 3.8) is 0 Å². The molecule has 0 atom stereocenters. The fraction of sp³-hybridized carbons (Fsp3) is 1.00. The highest BCUT2D eigenvalue weighted by Gasteiger charge is 2.05. The molecule has 0 heterocycles. The summed E-state index contributed by atoms with van der Waals surface area (Å²) in [5.74, 6) is 0. The van der Waals surface area contributed by atoms with Crippen molar-refractivity contribution in [2.75, 3.05) is 19.5 Å². The van der Waals surface area contributed by atoms with Crippen molar-refractivity contribution in [2.24, 2.45) is 0 Å². The zero-order valence-electron chi connectivity index (χ0n) is 12.3. The third-order valence-corrected chi connectivity index (χ3v) is 4.69. The van der Waals surface area contributed by atoms with Gasteiger partial charge in [-0.15, -0.1) is 0 Å². The summed E-state index contributed by atoms with van der Waals surface area (Å²) in [6, 6.07) is 0. The summed E-state index contributed by atoms with van der Waals surface area (Å²) >= 11 is 0. The van der Waals surface area contributed by atoms with Gasteiger partial charge in [0.25, 0.3) is 0 Å². The van der Waals surface area contributed by atoms with Gasteiger partial charge in [-0.05, 0) is 19.8 Å². The standard InChI is InChI=1S/C15H33OP/c1-4-5-6-7-8-9-10-11-12-13-14-15-17(2,3)16/h4-15H2,1-3H3. The largest absolute Gasteiger partial charge is 0.324 e. The first-order valence-corrected chi connectivity index (χ1v) is 10.4. The van der Waals surface area contributed by atoms with Crippen LogP contribution < -0.4 is 0 Å². The molecule has 0 aromatic heterocycles. The maximum Gasteiger partial charge on any atom is 0.0819 e. The van der Waals surface area contributed by atoms with Crippen LogP contribution in [0.15, 0.2) is 0 Å². The van der Waals surface area contributed by atoms with E-state index in [0.717, 1.165) is 6.16 Å². The Morgan fingerprint density at radius 3 is 1.35 bits per heavy atom. The summed E-state index contributed by atoms with van der Waals surface area (Å²) in [5, 5.41) is 0. The highest BCUT2D eigenvalue weighted by Crippen LogP contribution is 2.36. The lowest BCUT2D eigenvalue weighted by atomic mass is 10.1. The van der Waals surface area contributed by atoms with Gasteiger partial charge in [0.05, 0.1) is 7.14 Å². The predicted octanol–water partition coefficient (Wildman–Crippen LogP) is 5.92. The zero-order valence-corrected chi connectivity index (χ0v) is 13.2.